The van der Waals surface area contributed by atoms with Crippen LogP contribution in [0.25, 0.3) is 0 Å². The maximum absolute atomic E-state index is 12.3. The van der Waals surface area contributed by atoms with Crippen LogP contribution in [0.4, 0.5) is 0 Å². The minimum atomic E-state index is -3.41. The molecular weight excluding hydrogens is 264 g/mol. The van der Waals surface area contributed by atoms with Gasteiger partial charge in [0.15, 0.2) is 9.84 Å². The first-order chi connectivity index (χ1) is 9.03. The lowest BCUT2D eigenvalue weighted by atomic mass is 10.2. The lowest BCUT2D eigenvalue weighted by molar-refractivity contribution is 0.388. The molecule has 0 atom stereocenters. The van der Waals surface area contributed by atoms with Crippen LogP contribution in [-0.4, -0.2) is 25.7 Å². The predicted molar refractivity (Wildman–Crippen MR) is 70.7 cm³/mol. The Balaban J connectivity index is 2.34. The Bertz CT molecular complexity index is 667. The first-order valence-corrected chi connectivity index (χ1v) is 7.32. The highest BCUT2D eigenvalue weighted by Crippen LogP contribution is 2.21. The highest BCUT2D eigenvalue weighted by molar-refractivity contribution is 7.90. The Morgan fingerprint density at radius 2 is 1.84 bits per heavy atom. The number of rotatable bonds is 4. The van der Waals surface area contributed by atoms with Crippen LogP contribution >= 0.6 is 0 Å². The van der Waals surface area contributed by atoms with Crippen molar-refractivity contribution in [3.05, 3.63) is 47.7 Å². The van der Waals surface area contributed by atoms with Gasteiger partial charge < -0.3 is 4.74 Å². The first kappa shape index (κ1) is 13.5. The standard InChI is InChI=1S/C13H14N2O3S/c1-10-3-5-12(6-4-10)19(16,17)9-11-7-8-14-15-13(11)18-2/h3-8H,9H2,1-2H3. The van der Waals surface area contributed by atoms with Crippen molar-refractivity contribution in [3.8, 4) is 5.88 Å². The zero-order valence-corrected chi connectivity index (χ0v) is 11.5. The molecule has 1 heterocycles. The minimum absolute atomic E-state index is 0.158. The van der Waals surface area contributed by atoms with Crippen LogP contribution in [0.2, 0.25) is 0 Å². The number of aromatic nitrogens is 2. The summed E-state index contributed by atoms with van der Waals surface area (Å²) in [6.45, 7) is 1.91. The molecule has 2 rings (SSSR count). The molecule has 1 aromatic heterocycles. The molecule has 0 bridgehead atoms. The van der Waals surface area contributed by atoms with Crippen LogP contribution < -0.4 is 4.74 Å². The van der Waals surface area contributed by atoms with E-state index in [0.717, 1.165) is 5.56 Å². The van der Waals surface area contributed by atoms with Gasteiger partial charge in [-0.2, -0.15) is 5.10 Å². The summed E-state index contributed by atoms with van der Waals surface area (Å²) in [7, 11) is -1.97. The smallest absolute Gasteiger partial charge is 0.237 e. The normalized spacial score (nSPS) is 11.3. The number of methoxy groups -OCH3 is 1. The van der Waals surface area contributed by atoms with Crippen LogP contribution in [0, 0.1) is 6.92 Å². The number of sulfone groups is 1. The summed E-state index contributed by atoms with van der Waals surface area (Å²) in [5, 5.41) is 7.41. The second-order valence-corrected chi connectivity index (χ2v) is 6.13. The van der Waals surface area contributed by atoms with E-state index in [1.165, 1.54) is 13.3 Å². The number of hydrogen-bond donors (Lipinski definition) is 0. The van der Waals surface area contributed by atoms with E-state index in [0.29, 0.717) is 5.56 Å². The fourth-order valence-corrected chi connectivity index (χ4v) is 3.01. The van der Waals surface area contributed by atoms with Gasteiger partial charge in [0.1, 0.15) is 0 Å². The largest absolute Gasteiger partial charge is 0.480 e. The molecule has 100 valence electrons. The first-order valence-electron chi connectivity index (χ1n) is 5.67. The van der Waals surface area contributed by atoms with E-state index in [1.807, 2.05) is 6.92 Å². The summed E-state index contributed by atoms with van der Waals surface area (Å²) in [6.07, 6.45) is 1.45. The average Bonchev–Trinajstić information content (AvgIpc) is 2.39. The molecule has 0 fully saturated rings. The van der Waals surface area contributed by atoms with Crippen molar-refractivity contribution < 1.29 is 13.2 Å². The highest BCUT2D eigenvalue weighted by Gasteiger charge is 2.18. The zero-order valence-electron chi connectivity index (χ0n) is 10.7. The Hall–Kier alpha value is -1.95. The summed E-state index contributed by atoms with van der Waals surface area (Å²) in [5.74, 6) is 0.0765. The van der Waals surface area contributed by atoms with Gasteiger partial charge in [-0.3, -0.25) is 0 Å². The van der Waals surface area contributed by atoms with Crippen molar-refractivity contribution in [2.75, 3.05) is 7.11 Å². The van der Waals surface area contributed by atoms with Gasteiger partial charge in [-0.05, 0) is 25.1 Å². The molecule has 0 unspecified atom stereocenters. The van der Waals surface area contributed by atoms with Crippen LogP contribution in [0.3, 0.4) is 0 Å². The number of benzene rings is 1. The van der Waals surface area contributed by atoms with Gasteiger partial charge in [-0.25, -0.2) is 8.42 Å². The van der Waals surface area contributed by atoms with Crippen LogP contribution in [0.1, 0.15) is 11.1 Å². The van der Waals surface area contributed by atoms with E-state index in [1.54, 1.807) is 30.3 Å². The Kier molecular flexibility index (Phi) is 3.80. The van der Waals surface area contributed by atoms with Gasteiger partial charge >= 0.3 is 0 Å². The van der Waals surface area contributed by atoms with Crippen molar-refractivity contribution in [1.82, 2.24) is 10.2 Å². The van der Waals surface area contributed by atoms with Crippen molar-refractivity contribution in [1.29, 1.82) is 0 Å². The van der Waals surface area contributed by atoms with Gasteiger partial charge in [0.05, 0.1) is 24.0 Å². The molecule has 0 radical (unpaired) electrons. The molecule has 5 nitrogen and oxygen atoms in total. The fourth-order valence-electron chi connectivity index (χ4n) is 1.66. The lowest BCUT2D eigenvalue weighted by Gasteiger charge is -2.07. The molecular formula is C13H14N2O3S. The van der Waals surface area contributed by atoms with Crippen LogP contribution in [0.15, 0.2) is 41.4 Å². The molecule has 0 amide bonds. The van der Waals surface area contributed by atoms with E-state index >= 15 is 0 Å². The zero-order chi connectivity index (χ0) is 13.9. The van der Waals surface area contributed by atoms with Crippen LogP contribution in [-0.2, 0) is 15.6 Å². The molecule has 0 saturated heterocycles. The van der Waals surface area contributed by atoms with Crippen molar-refractivity contribution in [2.24, 2.45) is 0 Å². The molecule has 0 aliphatic carbocycles. The molecule has 1 aromatic carbocycles. The summed E-state index contributed by atoms with van der Waals surface area (Å²) in [5.41, 5.74) is 1.51. The third-order valence-electron chi connectivity index (χ3n) is 2.68. The van der Waals surface area contributed by atoms with Gasteiger partial charge in [-0.15, -0.1) is 5.10 Å². The van der Waals surface area contributed by atoms with E-state index in [2.05, 4.69) is 10.2 Å². The predicted octanol–water partition coefficient (Wildman–Crippen LogP) is 1.77. The van der Waals surface area contributed by atoms with Crippen molar-refractivity contribution in [3.63, 3.8) is 0 Å². The van der Waals surface area contributed by atoms with E-state index in [4.69, 9.17) is 4.74 Å². The van der Waals surface area contributed by atoms with Gasteiger partial charge in [-0.1, -0.05) is 17.7 Å². The fraction of sp³-hybridized carbons (Fsp3) is 0.231. The molecule has 0 aliphatic heterocycles. The topological polar surface area (TPSA) is 69.2 Å². The van der Waals surface area contributed by atoms with E-state index in [9.17, 15) is 8.42 Å². The quantitative estimate of drug-likeness (QED) is 0.852. The second-order valence-electron chi connectivity index (χ2n) is 4.14. The third-order valence-corrected chi connectivity index (χ3v) is 4.37. The van der Waals surface area contributed by atoms with Gasteiger partial charge in [0.2, 0.25) is 5.88 Å². The van der Waals surface area contributed by atoms with Gasteiger partial charge in [0.25, 0.3) is 0 Å². The summed E-state index contributed by atoms with van der Waals surface area (Å²) >= 11 is 0. The maximum atomic E-state index is 12.3. The minimum Gasteiger partial charge on any atom is -0.480 e. The Morgan fingerprint density at radius 3 is 2.47 bits per heavy atom. The Labute approximate surface area is 112 Å². The molecule has 0 N–H and O–H groups in total. The molecule has 6 heteroatoms. The molecule has 0 spiro atoms. The summed E-state index contributed by atoms with van der Waals surface area (Å²) < 4.78 is 29.6. The van der Waals surface area contributed by atoms with Crippen molar-refractivity contribution in [2.45, 2.75) is 17.6 Å². The Morgan fingerprint density at radius 1 is 1.16 bits per heavy atom. The monoisotopic (exact) mass is 278 g/mol. The average molecular weight is 278 g/mol. The third kappa shape index (κ3) is 3.08. The van der Waals surface area contributed by atoms with E-state index in [-0.39, 0.29) is 16.5 Å². The second kappa shape index (κ2) is 5.36. The number of ether oxygens (including phenoxy) is 1. The molecule has 19 heavy (non-hydrogen) atoms. The SMILES string of the molecule is COc1nnccc1CS(=O)(=O)c1ccc(C)cc1. The van der Waals surface area contributed by atoms with Crippen LogP contribution in [0.5, 0.6) is 5.88 Å². The number of hydrogen-bond acceptors (Lipinski definition) is 5. The molecule has 0 saturated carbocycles. The highest BCUT2D eigenvalue weighted by atomic mass is 32.2. The van der Waals surface area contributed by atoms with E-state index < -0.39 is 9.84 Å². The summed E-state index contributed by atoms with van der Waals surface area (Å²) in [6, 6.07) is 8.35. The summed E-state index contributed by atoms with van der Waals surface area (Å²) in [4.78, 5) is 0.289. The molecule has 0 aliphatic rings. The maximum Gasteiger partial charge on any atom is 0.237 e. The number of nitrogens with zero attached hydrogens (tertiary/aromatic N) is 2. The van der Waals surface area contributed by atoms with Gasteiger partial charge in [0, 0.05) is 5.56 Å². The molecule has 2 aromatic rings. The number of aryl methyl sites for hydroxylation is 1. The van der Waals surface area contributed by atoms with Crippen molar-refractivity contribution >= 4 is 9.84 Å². The lowest BCUT2D eigenvalue weighted by Crippen LogP contribution is -2.07.